The largest absolute Gasteiger partial charge is 0.480 e. The summed E-state index contributed by atoms with van der Waals surface area (Å²) in [5.41, 5.74) is 1.80. The molecule has 4 nitrogen and oxygen atoms in total. The molecule has 4 heteroatoms. The van der Waals surface area contributed by atoms with E-state index in [0.29, 0.717) is 6.54 Å². The molecule has 2 heterocycles. The van der Waals surface area contributed by atoms with Gasteiger partial charge < -0.3 is 9.84 Å². The molecular weight excluding hydrogens is 266 g/mol. The van der Waals surface area contributed by atoms with Crippen LogP contribution in [0.15, 0.2) is 24.3 Å². The standard InChI is InChI=1S/C17H23NO3/c1-17(16(19)20)9-4-5-10-18(17)12-15-14-7-3-2-6-13(14)8-11-21-15/h2-3,6-7,15H,4-5,8-12H2,1H3,(H,19,20). The summed E-state index contributed by atoms with van der Waals surface area (Å²) in [6.07, 6.45) is 3.71. The Hall–Kier alpha value is -1.39. The van der Waals surface area contributed by atoms with Crippen LogP contribution in [0.4, 0.5) is 0 Å². The maximum atomic E-state index is 11.7. The lowest BCUT2D eigenvalue weighted by atomic mass is 9.87. The zero-order valence-corrected chi connectivity index (χ0v) is 12.5. The summed E-state index contributed by atoms with van der Waals surface area (Å²) in [7, 11) is 0. The molecule has 3 rings (SSSR count). The number of likely N-dealkylation sites (tertiary alicyclic amines) is 1. The molecule has 0 bridgehead atoms. The van der Waals surface area contributed by atoms with E-state index in [1.165, 1.54) is 11.1 Å². The Bertz CT molecular complexity index is 531. The maximum absolute atomic E-state index is 11.7. The van der Waals surface area contributed by atoms with Gasteiger partial charge in [-0.05, 0) is 50.3 Å². The molecule has 114 valence electrons. The Morgan fingerprint density at radius 2 is 2.24 bits per heavy atom. The van der Waals surface area contributed by atoms with Gasteiger partial charge in [-0.15, -0.1) is 0 Å². The first kappa shape index (κ1) is 14.5. The van der Waals surface area contributed by atoms with Crippen molar-refractivity contribution < 1.29 is 14.6 Å². The van der Waals surface area contributed by atoms with Gasteiger partial charge in [0.2, 0.25) is 0 Å². The SMILES string of the molecule is CC1(C(=O)O)CCCCN1CC1OCCc2ccccc21. The maximum Gasteiger partial charge on any atom is 0.323 e. The minimum atomic E-state index is -0.756. The molecule has 21 heavy (non-hydrogen) atoms. The van der Waals surface area contributed by atoms with E-state index >= 15 is 0 Å². The van der Waals surface area contributed by atoms with Crippen molar-refractivity contribution in [1.29, 1.82) is 0 Å². The van der Waals surface area contributed by atoms with Crippen molar-refractivity contribution in [2.75, 3.05) is 19.7 Å². The molecule has 0 spiro atoms. The monoisotopic (exact) mass is 289 g/mol. The van der Waals surface area contributed by atoms with Crippen molar-refractivity contribution in [3.8, 4) is 0 Å². The third kappa shape index (κ3) is 2.70. The van der Waals surface area contributed by atoms with Gasteiger partial charge in [0.1, 0.15) is 5.54 Å². The van der Waals surface area contributed by atoms with Crippen LogP contribution >= 0.6 is 0 Å². The molecule has 2 aliphatic heterocycles. The van der Waals surface area contributed by atoms with Gasteiger partial charge in [-0.2, -0.15) is 0 Å². The average molecular weight is 289 g/mol. The van der Waals surface area contributed by atoms with E-state index in [1.807, 2.05) is 13.0 Å². The van der Waals surface area contributed by atoms with E-state index in [9.17, 15) is 9.90 Å². The second-order valence-corrected chi connectivity index (χ2v) is 6.29. The van der Waals surface area contributed by atoms with Crippen LogP contribution < -0.4 is 0 Å². The zero-order valence-electron chi connectivity index (χ0n) is 12.5. The third-order valence-electron chi connectivity index (χ3n) is 4.98. The number of carboxylic acids is 1. The summed E-state index contributed by atoms with van der Waals surface area (Å²) in [4.78, 5) is 13.8. The van der Waals surface area contributed by atoms with Crippen LogP contribution in [0.3, 0.4) is 0 Å². The number of rotatable bonds is 3. The van der Waals surface area contributed by atoms with E-state index < -0.39 is 11.5 Å². The van der Waals surface area contributed by atoms with Gasteiger partial charge in [0.05, 0.1) is 12.7 Å². The van der Waals surface area contributed by atoms with E-state index in [0.717, 1.165) is 38.8 Å². The lowest BCUT2D eigenvalue weighted by Gasteiger charge is -2.43. The first-order valence-electron chi connectivity index (χ1n) is 7.79. The normalized spacial score (nSPS) is 29.9. The molecule has 2 unspecified atom stereocenters. The predicted octanol–water partition coefficient (Wildman–Crippen LogP) is 2.63. The molecule has 1 N–H and O–H groups in total. The highest BCUT2D eigenvalue weighted by molar-refractivity contribution is 5.78. The van der Waals surface area contributed by atoms with E-state index in [2.05, 4.69) is 23.1 Å². The molecule has 0 radical (unpaired) electrons. The van der Waals surface area contributed by atoms with Crippen LogP contribution in [0.2, 0.25) is 0 Å². The number of ether oxygens (including phenoxy) is 1. The minimum absolute atomic E-state index is 0.00766. The smallest absolute Gasteiger partial charge is 0.323 e. The fourth-order valence-electron chi connectivity index (χ4n) is 3.54. The minimum Gasteiger partial charge on any atom is -0.480 e. The lowest BCUT2D eigenvalue weighted by molar-refractivity contribution is -0.154. The van der Waals surface area contributed by atoms with Crippen molar-refractivity contribution in [2.45, 2.75) is 44.2 Å². The number of benzene rings is 1. The lowest BCUT2D eigenvalue weighted by Crippen LogP contribution is -2.56. The average Bonchev–Trinajstić information content (AvgIpc) is 2.50. The Kier molecular flexibility index (Phi) is 4.00. The fourth-order valence-corrected chi connectivity index (χ4v) is 3.54. The first-order chi connectivity index (χ1) is 10.1. The Morgan fingerprint density at radius 1 is 1.43 bits per heavy atom. The Balaban J connectivity index is 1.81. The molecular formula is C17H23NO3. The quantitative estimate of drug-likeness (QED) is 0.929. The fraction of sp³-hybridized carbons (Fsp3) is 0.588. The molecule has 1 saturated heterocycles. The number of nitrogens with zero attached hydrogens (tertiary/aromatic N) is 1. The number of hydrogen-bond donors (Lipinski definition) is 1. The number of aliphatic carboxylic acids is 1. The van der Waals surface area contributed by atoms with E-state index in [1.54, 1.807) is 0 Å². The van der Waals surface area contributed by atoms with Crippen LogP contribution in [-0.4, -0.2) is 41.2 Å². The molecule has 1 fully saturated rings. The van der Waals surface area contributed by atoms with Gasteiger partial charge >= 0.3 is 5.97 Å². The highest BCUT2D eigenvalue weighted by Gasteiger charge is 2.42. The van der Waals surface area contributed by atoms with Crippen LogP contribution in [0.5, 0.6) is 0 Å². The molecule has 0 aromatic heterocycles. The summed E-state index contributed by atoms with van der Waals surface area (Å²) in [6.45, 7) is 4.08. The van der Waals surface area contributed by atoms with Gasteiger partial charge in [0.15, 0.2) is 0 Å². The first-order valence-corrected chi connectivity index (χ1v) is 7.79. The summed E-state index contributed by atoms with van der Waals surface area (Å²) in [5.74, 6) is -0.716. The van der Waals surface area contributed by atoms with Crippen LogP contribution in [-0.2, 0) is 16.0 Å². The molecule has 0 aliphatic carbocycles. The topological polar surface area (TPSA) is 49.8 Å². The van der Waals surface area contributed by atoms with Gasteiger partial charge in [-0.3, -0.25) is 9.69 Å². The predicted molar refractivity (Wildman–Crippen MR) is 80.3 cm³/mol. The molecule has 2 aliphatic rings. The van der Waals surface area contributed by atoms with Crippen LogP contribution in [0, 0.1) is 0 Å². The van der Waals surface area contributed by atoms with Crippen LogP contribution in [0.25, 0.3) is 0 Å². The number of carboxylic acid groups (broad SMARTS) is 1. The number of fused-ring (bicyclic) bond motifs is 1. The van der Waals surface area contributed by atoms with Gasteiger partial charge in [0, 0.05) is 6.54 Å². The van der Waals surface area contributed by atoms with Crippen molar-refractivity contribution in [1.82, 2.24) is 4.90 Å². The molecule has 0 amide bonds. The summed E-state index contributed by atoms with van der Waals surface area (Å²) < 4.78 is 5.95. The Labute approximate surface area is 125 Å². The number of hydrogen-bond acceptors (Lipinski definition) is 3. The van der Waals surface area contributed by atoms with E-state index in [-0.39, 0.29) is 6.10 Å². The van der Waals surface area contributed by atoms with Crippen molar-refractivity contribution in [2.24, 2.45) is 0 Å². The second-order valence-electron chi connectivity index (χ2n) is 6.29. The molecule has 1 aromatic carbocycles. The Morgan fingerprint density at radius 3 is 3.05 bits per heavy atom. The molecule has 2 atom stereocenters. The van der Waals surface area contributed by atoms with Gasteiger partial charge in [-0.1, -0.05) is 24.3 Å². The zero-order chi connectivity index (χ0) is 14.9. The van der Waals surface area contributed by atoms with Crippen molar-refractivity contribution in [3.63, 3.8) is 0 Å². The highest BCUT2D eigenvalue weighted by atomic mass is 16.5. The summed E-state index contributed by atoms with van der Waals surface area (Å²) in [5, 5.41) is 9.61. The molecule has 1 aromatic rings. The van der Waals surface area contributed by atoms with Crippen molar-refractivity contribution in [3.05, 3.63) is 35.4 Å². The summed E-state index contributed by atoms with van der Waals surface area (Å²) >= 11 is 0. The van der Waals surface area contributed by atoms with Crippen molar-refractivity contribution >= 4 is 5.97 Å². The molecule has 0 saturated carbocycles. The summed E-state index contributed by atoms with van der Waals surface area (Å²) in [6, 6.07) is 8.36. The van der Waals surface area contributed by atoms with Crippen LogP contribution in [0.1, 0.15) is 43.4 Å². The van der Waals surface area contributed by atoms with Gasteiger partial charge in [0.25, 0.3) is 0 Å². The highest BCUT2D eigenvalue weighted by Crippen LogP contribution is 2.33. The van der Waals surface area contributed by atoms with Gasteiger partial charge in [-0.25, -0.2) is 0 Å². The number of piperidine rings is 1. The number of carbonyl (C=O) groups is 1. The second kappa shape index (κ2) is 5.78. The third-order valence-corrected chi connectivity index (χ3v) is 4.98. The van der Waals surface area contributed by atoms with E-state index in [4.69, 9.17) is 4.74 Å².